The Bertz CT molecular complexity index is 584. The number of carbonyl (C=O) groups is 1. The second kappa shape index (κ2) is 5.28. The summed E-state index contributed by atoms with van der Waals surface area (Å²) in [6, 6.07) is 1.64. The summed E-state index contributed by atoms with van der Waals surface area (Å²) in [4.78, 5) is 19.0. The van der Waals surface area contributed by atoms with Gasteiger partial charge in [0.05, 0.1) is 12.3 Å². The lowest BCUT2D eigenvalue weighted by molar-refractivity contribution is -0.142. The summed E-state index contributed by atoms with van der Waals surface area (Å²) in [5.41, 5.74) is 0.654. The van der Waals surface area contributed by atoms with Crippen molar-refractivity contribution in [2.24, 2.45) is 0 Å². The van der Waals surface area contributed by atoms with Crippen LogP contribution in [0.25, 0.3) is 5.78 Å². The molecule has 7 nitrogen and oxygen atoms in total. The van der Waals surface area contributed by atoms with E-state index in [4.69, 9.17) is 21.1 Å². The number of fused-ring (bicyclic) bond motifs is 1. The maximum Gasteiger partial charge on any atom is 0.303 e. The fourth-order valence-corrected chi connectivity index (χ4v) is 1.61. The van der Waals surface area contributed by atoms with E-state index in [1.54, 1.807) is 13.2 Å². The van der Waals surface area contributed by atoms with Crippen molar-refractivity contribution < 1.29 is 14.3 Å². The number of methoxy groups -OCH3 is 1. The van der Waals surface area contributed by atoms with Crippen molar-refractivity contribution in [1.29, 1.82) is 0 Å². The van der Waals surface area contributed by atoms with E-state index in [-0.39, 0.29) is 6.61 Å². The molecule has 0 bridgehead atoms. The lowest BCUT2D eigenvalue weighted by atomic mass is 10.4. The fourth-order valence-electron chi connectivity index (χ4n) is 1.37. The molecule has 2 aromatic heterocycles. The molecule has 0 fully saturated rings. The number of carbonyl (C=O) groups excluding carboxylic acids is 1. The molecule has 96 valence electrons. The Labute approximate surface area is 108 Å². The van der Waals surface area contributed by atoms with Gasteiger partial charge in [0, 0.05) is 14.0 Å². The van der Waals surface area contributed by atoms with Crippen molar-refractivity contribution in [1.82, 2.24) is 19.6 Å². The van der Waals surface area contributed by atoms with Crippen LogP contribution in [-0.4, -0.2) is 32.7 Å². The zero-order chi connectivity index (χ0) is 13.1. The van der Waals surface area contributed by atoms with Crippen molar-refractivity contribution in [2.75, 3.05) is 7.11 Å². The van der Waals surface area contributed by atoms with Gasteiger partial charge in [0.25, 0.3) is 5.78 Å². The molecule has 0 N–H and O–H groups in total. The minimum atomic E-state index is -0.395. The van der Waals surface area contributed by atoms with Crippen LogP contribution in [0.2, 0.25) is 5.15 Å². The molecule has 2 heterocycles. The molecular weight excluding hydrogens is 260 g/mol. The van der Waals surface area contributed by atoms with Crippen LogP contribution in [0.15, 0.2) is 6.07 Å². The summed E-state index contributed by atoms with van der Waals surface area (Å²) in [5, 5.41) is 4.45. The average molecular weight is 271 g/mol. The Hall–Kier alpha value is -1.73. The van der Waals surface area contributed by atoms with E-state index < -0.39 is 5.97 Å². The van der Waals surface area contributed by atoms with Crippen LogP contribution in [0.3, 0.4) is 0 Å². The lowest BCUT2D eigenvalue weighted by Crippen LogP contribution is -2.00. The van der Waals surface area contributed by atoms with Gasteiger partial charge >= 0.3 is 5.97 Å². The first kappa shape index (κ1) is 12.7. The highest BCUT2D eigenvalue weighted by molar-refractivity contribution is 6.29. The molecular formula is C10H11ClN4O3. The number of esters is 1. The van der Waals surface area contributed by atoms with Crippen molar-refractivity contribution in [3.63, 3.8) is 0 Å². The monoisotopic (exact) mass is 270 g/mol. The maximum atomic E-state index is 10.7. The molecule has 2 rings (SSSR count). The minimum Gasteiger partial charge on any atom is -0.458 e. The van der Waals surface area contributed by atoms with E-state index in [9.17, 15) is 4.79 Å². The summed E-state index contributed by atoms with van der Waals surface area (Å²) >= 11 is 6.03. The zero-order valence-electron chi connectivity index (χ0n) is 9.88. The molecule has 0 amide bonds. The number of hydrogen-bond donors (Lipinski definition) is 0. The second-order valence-corrected chi connectivity index (χ2v) is 3.91. The zero-order valence-corrected chi connectivity index (χ0v) is 10.6. The summed E-state index contributed by atoms with van der Waals surface area (Å²) in [6.45, 7) is 1.65. The van der Waals surface area contributed by atoms with Gasteiger partial charge in [-0.3, -0.25) is 4.79 Å². The Balaban J connectivity index is 2.31. The Morgan fingerprint density at radius 2 is 2.22 bits per heavy atom. The molecule has 0 aromatic carbocycles. The first-order chi connectivity index (χ1) is 8.60. The molecule has 0 aliphatic rings. The standard InChI is InChI=1S/C10H11ClN4O3/c1-6(16)18-5-9-13-10-12-7(4-17-2)3-8(11)15(10)14-9/h3H,4-5H2,1-2H3. The van der Waals surface area contributed by atoms with Gasteiger partial charge < -0.3 is 9.47 Å². The molecule has 0 aliphatic heterocycles. The molecule has 0 spiro atoms. The second-order valence-electron chi connectivity index (χ2n) is 3.52. The predicted molar refractivity (Wildman–Crippen MR) is 62.0 cm³/mol. The largest absolute Gasteiger partial charge is 0.458 e. The van der Waals surface area contributed by atoms with E-state index in [0.717, 1.165) is 0 Å². The van der Waals surface area contributed by atoms with E-state index in [1.807, 2.05) is 0 Å². The van der Waals surface area contributed by atoms with Crippen LogP contribution in [0, 0.1) is 0 Å². The van der Waals surface area contributed by atoms with E-state index in [0.29, 0.717) is 29.1 Å². The maximum absolute atomic E-state index is 10.7. The summed E-state index contributed by atoms with van der Waals surface area (Å²) in [6.07, 6.45) is 0. The Kier molecular flexibility index (Phi) is 3.73. The normalized spacial score (nSPS) is 10.8. The van der Waals surface area contributed by atoms with Crippen LogP contribution in [0.4, 0.5) is 0 Å². The lowest BCUT2D eigenvalue weighted by Gasteiger charge is -2.00. The highest BCUT2D eigenvalue weighted by Crippen LogP contribution is 2.13. The number of rotatable bonds is 4. The van der Waals surface area contributed by atoms with Crippen LogP contribution < -0.4 is 0 Å². The fraction of sp³-hybridized carbons (Fsp3) is 0.400. The molecule has 0 saturated carbocycles. The summed E-state index contributed by atoms with van der Waals surface area (Å²) in [5.74, 6) is 0.291. The summed E-state index contributed by atoms with van der Waals surface area (Å²) in [7, 11) is 1.57. The number of nitrogens with zero attached hydrogens (tertiary/aromatic N) is 4. The van der Waals surface area contributed by atoms with Crippen LogP contribution in [0.1, 0.15) is 18.4 Å². The van der Waals surface area contributed by atoms with Gasteiger partial charge in [-0.2, -0.15) is 9.50 Å². The third kappa shape index (κ3) is 2.74. The van der Waals surface area contributed by atoms with E-state index in [2.05, 4.69) is 15.1 Å². The first-order valence-electron chi connectivity index (χ1n) is 5.13. The Morgan fingerprint density at radius 1 is 1.44 bits per heavy atom. The third-order valence-corrected chi connectivity index (χ3v) is 2.33. The average Bonchev–Trinajstić information content (AvgIpc) is 2.70. The number of aromatic nitrogens is 4. The third-order valence-electron chi connectivity index (χ3n) is 2.06. The van der Waals surface area contributed by atoms with Gasteiger partial charge in [0.15, 0.2) is 12.4 Å². The molecule has 0 radical (unpaired) electrons. The van der Waals surface area contributed by atoms with Gasteiger partial charge in [-0.05, 0) is 6.07 Å². The highest BCUT2D eigenvalue weighted by atomic mass is 35.5. The Morgan fingerprint density at radius 3 is 2.89 bits per heavy atom. The smallest absolute Gasteiger partial charge is 0.303 e. The first-order valence-corrected chi connectivity index (χ1v) is 5.51. The van der Waals surface area contributed by atoms with Crippen molar-refractivity contribution in [3.05, 3.63) is 22.7 Å². The molecule has 0 atom stereocenters. The van der Waals surface area contributed by atoms with Crippen molar-refractivity contribution in [3.8, 4) is 0 Å². The van der Waals surface area contributed by atoms with Crippen molar-refractivity contribution >= 4 is 23.3 Å². The van der Waals surface area contributed by atoms with Gasteiger partial charge in [0.2, 0.25) is 0 Å². The van der Waals surface area contributed by atoms with Gasteiger partial charge in [-0.15, -0.1) is 5.10 Å². The van der Waals surface area contributed by atoms with Gasteiger partial charge in [-0.1, -0.05) is 11.6 Å². The molecule has 2 aromatic rings. The molecule has 18 heavy (non-hydrogen) atoms. The van der Waals surface area contributed by atoms with E-state index >= 15 is 0 Å². The van der Waals surface area contributed by atoms with Crippen LogP contribution in [-0.2, 0) is 27.5 Å². The van der Waals surface area contributed by atoms with E-state index in [1.165, 1.54) is 11.4 Å². The SMILES string of the molecule is COCc1cc(Cl)n2nc(COC(C)=O)nc2n1. The molecule has 0 unspecified atom stereocenters. The predicted octanol–water partition coefficient (Wildman–Crippen LogP) is 0.987. The number of hydrogen-bond acceptors (Lipinski definition) is 6. The van der Waals surface area contributed by atoms with Crippen LogP contribution in [0.5, 0.6) is 0 Å². The minimum absolute atomic E-state index is 0.00532. The number of ether oxygens (including phenoxy) is 2. The van der Waals surface area contributed by atoms with Crippen LogP contribution >= 0.6 is 11.6 Å². The molecule has 8 heteroatoms. The van der Waals surface area contributed by atoms with Gasteiger partial charge in [-0.25, -0.2) is 4.98 Å². The molecule has 0 aliphatic carbocycles. The van der Waals surface area contributed by atoms with Gasteiger partial charge in [0.1, 0.15) is 5.15 Å². The molecule has 0 saturated heterocycles. The summed E-state index contributed by atoms with van der Waals surface area (Å²) < 4.78 is 11.1. The number of halogens is 1. The quantitative estimate of drug-likeness (QED) is 0.609. The topological polar surface area (TPSA) is 78.6 Å². The highest BCUT2D eigenvalue weighted by Gasteiger charge is 2.10. The van der Waals surface area contributed by atoms with Crippen molar-refractivity contribution in [2.45, 2.75) is 20.1 Å².